The van der Waals surface area contributed by atoms with Gasteiger partial charge in [0.25, 0.3) is 0 Å². The van der Waals surface area contributed by atoms with E-state index >= 15 is 0 Å². The zero-order chi connectivity index (χ0) is 71.0. The first-order chi connectivity index (χ1) is 46.1. The van der Waals surface area contributed by atoms with Crippen LogP contribution in [0.5, 0.6) is 0 Å². The largest absolute Gasteiger partial charge is 0.472 e. The molecule has 0 aliphatic carbocycles. The van der Waals surface area contributed by atoms with E-state index in [1.807, 2.05) is 0 Å². The third-order valence-electron chi connectivity index (χ3n) is 18.2. The summed E-state index contributed by atoms with van der Waals surface area (Å²) in [6.07, 6.45) is 51.3. The highest BCUT2D eigenvalue weighted by Gasteiger charge is 2.30. The summed E-state index contributed by atoms with van der Waals surface area (Å²) in [5.74, 6) is 0.968. The maximum absolute atomic E-state index is 13.1. The molecule has 0 aliphatic heterocycles. The van der Waals surface area contributed by atoms with Crippen LogP contribution >= 0.6 is 15.6 Å². The average molecular weight is 1410 g/mol. The number of hydrogen-bond acceptors (Lipinski definition) is 15. The van der Waals surface area contributed by atoms with Gasteiger partial charge in [-0.15, -0.1) is 0 Å². The van der Waals surface area contributed by atoms with Crippen molar-refractivity contribution in [2.45, 2.75) is 408 Å². The van der Waals surface area contributed by atoms with Crippen molar-refractivity contribution in [1.82, 2.24) is 0 Å². The molecule has 4 unspecified atom stereocenters. The fraction of sp³-hybridized carbons (Fsp3) is 0.948. The lowest BCUT2D eigenvalue weighted by Crippen LogP contribution is -2.30. The number of carbonyl (C=O) groups excluding carboxylic acids is 4. The molecular weight excluding hydrogens is 1260 g/mol. The lowest BCUT2D eigenvalue weighted by Gasteiger charge is -2.21. The zero-order valence-electron chi connectivity index (χ0n) is 63.0. The first-order valence-electron chi connectivity index (χ1n) is 39.7. The minimum atomic E-state index is -4.96. The first-order valence-corrected chi connectivity index (χ1v) is 42.7. The minimum absolute atomic E-state index is 0.106. The van der Waals surface area contributed by atoms with Crippen molar-refractivity contribution >= 4 is 39.5 Å². The van der Waals surface area contributed by atoms with Crippen molar-refractivity contribution < 1.29 is 80.2 Å². The highest BCUT2D eigenvalue weighted by atomic mass is 31.2. The van der Waals surface area contributed by atoms with Crippen LogP contribution in [0.25, 0.3) is 0 Å². The van der Waals surface area contributed by atoms with Gasteiger partial charge in [-0.1, -0.05) is 338 Å². The topological polar surface area (TPSA) is 237 Å². The van der Waals surface area contributed by atoms with E-state index < -0.39 is 97.5 Å². The van der Waals surface area contributed by atoms with Gasteiger partial charge in [-0.3, -0.25) is 37.3 Å². The van der Waals surface area contributed by atoms with Crippen molar-refractivity contribution in [3.05, 3.63) is 0 Å². The van der Waals surface area contributed by atoms with Crippen molar-refractivity contribution in [3.8, 4) is 0 Å². The van der Waals surface area contributed by atoms with Crippen LogP contribution < -0.4 is 0 Å². The van der Waals surface area contributed by atoms with Gasteiger partial charge >= 0.3 is 39.5 Å². The molecule has 0 aliphatic rings. The number of carbonyl (C=O) groups is 4. The summed E-state index contributed by atoms with van der Waals surface area (Å²) >= 11 is 0. The molecule has 0 aromatic rings. The molecule has 6 atom stereocenters. The van der Waals surface area contributed by atoms with Gasteiger partial charge in [-0.2, -0.15) is 0 Å². The Labute approximate surface area is 588 Å². The van der Waals surface area contributed by atoms with Gasteiger partial charge in [-0.05, 0) is 49.4 Å². The van der Waals surface area contributed by atoms with Gasteiger partial charge in [0.15, 0.2) is 12.2 Å². The quantitative estimate of drug-likeness (QED) is 0.0222. The van der Waals surface area contributed by atoms with Crippen LogP contribution in [0.1, 0.15) is 389 Å². The van der Waals surface area contributed by atoms with Crippen LogP contribution in [0, 0.1) is 23.7 Å². The molecule has 0 aromatic heterocycles. The van der Waals surface area contributed by atoms with Gasteiger partial charge in [-0.25, -0.2) is 9.13 Å². The Hall–Kier alpha value is -1.94. The predicted octanol–water partition coefficient (Wildman–Crippen LogP) is 22.4. The van der Waals surface area contributed by atoms with E-state index in [-0.39, 0.29) is 25.7 Å². The maximum atomic E-state index is 13.1. The summed E-state index contributed by atoms with van der Waals surface area (Å²) in [7, 11) is -9.92. The van der Waals surface area contributed by atoms with E-state index in [9.17, 15) is 43.2 Å². The lowest BCUT2D eigenvalue weighted by atomic mass is 9.99. The van der Waals surface area contributed by atoms with E-state index in [1.165, 1.54) is 186 Å². The molecule has 0 heterocycles. The molecule has 0 saturated carbocycles. The summed E-state index contributed by atoms with van der Waals surface area (Å²) in [6, 6.07) is 0. The Morgan fingerprint density at radius 2 is 0.500 bits per heavy atom. The third kappa shape index (κ3) is 69.2. The Morgan fingerprint density at radius 1 is 0.292 bits per heavy atom. The van der Waals surface area contributed by atoms with Crippen molar-refractivity contribution in [1.29, 1.82) is 0 Å². The number of aliphatic hydroxyl groups excluding tert-OH is 1. The van der Waals surface area contributed by atoms with Crippen molar-refractivity contribution in [2.24, 2.45) is 23.7 Å². The molecule has 570 valence electrons. The molecule has 0 saturated heterocycles. The fourth-order valence-electron chi connectivity index (χ4n) is 11.7. The number of hydrogen-bond donors (Lipinski definition) is 3. The van der Waals surface area contributed by atoms with Crippen LogP contribution in [-0.2, 0) is 65.4 Å². The lowest BCUT2D eigenvalue weighted by molar-refractivity contribution is -0.161. The number of esters is 4. The number of ether oxygens (including phenoxy) is 4. The number of phosphoric ester groups is 2. The van der Waals surface area contributed by atoms with Crippen LogP contribution in [0.2, 0.25) is 0 Å². The molecule has 0 radical (unpaired) electrons. The molecule has 0 spiro atoms. The van der Waals surface area contributed by atoms with E-state index in [0.29, 0.717) is 31.6 Å². The van der Waals surface area contributed by atoms with Gasteiger partial charge in [0.2, 0.25) is 0 Å². The minimum Gasteiger partial charge on any atom is -0.462 e. The molecular formula is C77H150O17P2. The Kier molecular flexibility index (Phi) is 65.0. The molecule has 96 heavy (non-hydrogen) atoms. The highest BCUT2D eigenvalue weighted by molar-refractivity contribution is 7.47. The average Bonchev–Trinajstić information content (AvgIpc) is 1.14. The van der Waals surface area contributed by atoms with E-state index in [2.05, 4.69) is 55.4 Å². The van der Waals surface area contributed by atoms with Gasteiger partial charge in [0, 0.05) is 25.7 Å². The molecule has 0 amide bonds. The van der Waals surface area contributed by atoms with Crippen molar-refractivity contribution in [2.75, 3.05) is 39.6 Å². The number of phosphoric acid groups is 2. The highest BCUT2D eigenvalue weighted by Crippen LogP contribution is 2.45. The number of aliphatic hydroxyl groups is 1. The van der Waals surface area contributed by atoms with Gasteiger partial charge in [0.05, 0.1) is 26.4 Å². The normalized spacial score (nSPS) is 14.4. The molecule has 0 aromatic carbocycles. The maximum Gasteiger partial charge on any atom is 0.472 e. The smallest absolute Gasteiger partial charge is 0.462 e. The second-order valence-electron chi connectivity index (χ2n) is 29.4. The summed E-state index contributed by atoms with van der Waals surface area (Å²) in [5.41, 5.74) is 0. The second kappa shape index (κ2) is 66.3. The Morgan fingerprint density at radius 3 is 0.740 bits per heavy atom. The van der Waals surface area contributed by atoms with E-state index in [4.69, 9.17) is 37.0 Å². The number of unbranched alkanes of at least 4 members (excludes halogenated alkanes) is 39. The second-order valence-corrected chi connectivity index (χ2v) is 32.3. The van der Waals surface area contributed by atoms with E-state index in [0.717, 1.165) is 114 Å². The summed E-state index contributed by atoms with van der Waals surface area (Å²) in [6.45, 7) is 14.2. The standard InChI is InChI=1S/C77H150O17P2/c1-9-70(8)56-48-40-32-24-18-12-10-11-13-19-26-34-43-51-59-76(81)94-73(64-88-75(80)58-50-42-36-28-31-39-47-55-69(6)7)66-92-96(85,86)90-62-71(78)61-89-95(83,84)91-65-72(93-77(82)60-52-44-35-27-21-15-17-23-30-38-46-54-68(4)5)63-87-74(79)57-49-41-33-25-20-14-16-22-29-37-45-53-67(2)3/h67-73,78H,9-66H2,1-8H3,(H,83,84)(H,85,86)/t70?,71?,72-,73-/m1/s1. The molecule has 3 N–H and O–H groups in total. The Balaban J connectivity index is 5.24. The molecule has 19 heteroatoms. The SMILES string of the molecule is CCC(C)CCCCCCCCCCCCCCCCC(=O)O[C@H](COC(=O)CCCCCCCCCC(C)C)COP(=O)(O)OCC(O)COP(=O)(O)OC[C@@H](COC(=O)CCCCCCCCCCCCCC(C)C)OC(=O)CCCCCCCCCCCCCC(C)C. The first kappa shape index (κ1) is 94.1. The van der Waals surface area contributed by atoms with Crippen molar-refractivity contribution in [3.63, 3.8) is 0 Å². The fourth-order valence-corrected chi connectivity index (χ4v) is 13.3. The van der Waals surface area contributed by atoms with Crippen LogP contribution in [0.15, 0.2) is 0 Å². The number of rotatable bonds is 74. The zero-order valence-corrected chi connectivity index (χ0v) is 64.8. The van der Waals surface area contributed by atoms with Gasteiger partial charge < -0.3 is 33.8 Å². The summed E-state index contributed by atoms with van der Waals surface area (Å²) in [5, 5.41) is 10.6. The molecule has 17 nitrogen and oxygen atoms in total. The predicted molar refractivity (Wildman–Crippen MR) is 391 cm³/mol. The van der Waals surface area contributed by atoms with Crippen LogP contribution in [-0.4, -0.2) is 96.7 Å². The molecule has 0 bridgehead atoms. The van der Waals surface area contributed by atoms with Crippen LogP contribution in [0.3, 0.4) is 0 Å². The van der Waals surface area contributed by atoms with Gasteiger partial charge in [0.1, 0.15) is 19.3 Å². The monoisotopic (exact) mass is 1410 g/mol. The van der Waals surface area contributed by atoms with Crippen LogP contribution in [0.4, 0.5) is 0 Å². The Bertz CT molecular complexity index is 1890. The molecule has 0 rings (SSSR count). The van der Waals surface area contributed by atoms with E-state index in [1.54, 1.807) is 0 Å². The summed E-state index contributed by atoms with van der Waals surface area (Å²) in [4.78, 5) is 72.9. The third-order valence-corrected chi connectivity index (χ3v) is 20.1. The summed E-state index contributed by atoms with van der Waals surface area (Å²) < 4.78 is 68.6. The molecule has 0 fully saturated rings.